The molecule has 1 fully saturated rings. The zero-order valence-electron chi connectivity index (χ0n) is 12.3. The number of Topliss-reactive ketones (excluding diaryl/α,β-unsaturated/α-hetero) is 1. The van der Waals surface area contributed by atoms with E-state index < -0.39 is 0 Å². The van der Waals surface area contributed by atoms with Crippen molar-refractivity contribution >= 4 is 5.78 Å². The number of hydrogen-bond donors (Lipinski definition) is 0. The number of ether oxygens (including phenoxy) is 1. The SMILES string of the molecule is CCCCOc1ccc(C2C(=O)C2c2ccccc2)cc1. The fourth-order valence-corrected chi connectivity index (χ4v) is 2.72. The topological polar surface area (TPSA) is 26.3 Å². The van der Waals surface area contributed by atoms with Gasteiger partial charge >= 0.3 is 0 Å². The normalized spacial score (nSPS) is 20.3. The second-order valence-electron chi connectivity index (χ2n) is 5.54. The van der Waals surface area contributed by atoms with E-state index in [2.05, 4.69) is 6.92 Å². The summed E-state index contributed by atoms with van der Waals surface area (Å²) in [5.74, 6) is 1.27. The molecule has 3 rings (SSSR count). The van der Waals surface area contributed by atoms with E-state index in [-0.39, 0.29) is 11.8 Å². The van der Waals surface area contributed by atoms with E-state index in [1.807, 2.05) is 54.6 Å². The lowest BCUT2D eigenvalue weighted by Gasteiger charge is -2.06. The van der Waals surface area contributed by atoms with Gasteiger partial charge in [0.2, 0.25) is 0 Å². The Bertz CT molecular complexity index is 601. The summed E-state index contributed by atoms with van der Waals surface area (Å²) in [7, 11) is 0. The second kappa shape index (κ2) is 6.13. The van der Waals surface area contributed by atoms with Crippen LogP contribution >= 0.6 is 0 Å². The molecule has 0 N–H and O–H groups in total. The zero-order chi connectivity index (χ0) is 14.7. The Balaban J connectivity index is 1.67. The van der Waals surface area contributed by atoms with E-state index in [4.69, 9.17) is 4.74 Å². The van der Waals surface area contributed by atoms with Gasteiger partial charge in [0, 0.05) is 0 Å². The van der Waals surface area contributed by atoms with Gasteiger partial charge in [-0.1, -0.05) is 55.8 Å². The third-order valence-electron chi connectivity index (χ3n) is 4.00. The summed E-state index contributed by atoms with van der Waals surface area (Å²) in [6.45, 7) is 2.90. The average Bonchev–Trinajstić information content (AvgIpc) is 3.20. The summed E-state index contributed by atoms with van der Waals surface area (Å²) in [6.07, 6.45) is 2.20. The minimum Gasteiger partial charge on any atom is -0.494 e. The van der Waals surface area contributed by atoms with Crippen molar-refractivity contribution in [3.05, 3.63) is 65.7 Å². The van der Waals surface area contributed by atoms with Crippen LogP contribution < -0.4 is 4.74 Å². The van der Waals surface area contributed by atoms with Gasteiger partial charge in [0.15, 0.2) is 0 Å². The third kappa shape index (κ3) is 2.99. The molecular formula is C19H20O2. The summed E-state index contributed by atoms with van der Waals surface area (Å²) in [6, 6.07) is 18.0. The van der Waals surface area contributed by atoms with Gasteiger partial charge in [-0.05, 0) is 29.7 Å². The fourth-order valence-electron chi connectivity index (χ4n) is 2.72. The Hall–Kier alpha value is -2.09. The van der Waals surface area contributed by atoms with Gasteiger partial charge in [-0.15, -0.1) is 0 Å². The lowest BCUT2D eigenvalue weighted by atomic mass is 10.0. The molecule has 2 heteroatoms. The van der Waals surface area contributed by atoms with Crippen molar-refractivity contribution in [2.75, 3.05) is 6.61 Å². The van der Waals surface area contributed by atoms with Gasteiger partial charge < -0.3 is 4.74 Å². The number of carbonyl (C=O) groups excluding carboxylic acids is 1. The fraction of sp³-hybridized carbons (Fsp3) is 0.316. The molecule has 0 heterocycles. The summed E-state index contributed by atoms with van der Waals surface area (Å²) < 4.78 is 5.65. The van der Waals surface area contributed by atoms with Crippen LogP contribution in [0.25, 0.3) is 0 Å². The van der Waals surface area contributed by atoms with Crippen molar-refractivity contribution in [1.29, 1.82) is 0 Å². The van der Waals surface area contributed by atoms with Crippen LogP contribution in [0.4, 0.5) is 0 Å². The van der Waals surface area contributed by atoms with Crippen LogP contribution in [0.1, 0.15) is 42.7 Å². The summed E-state index contributed by atoms with van der Waals surface area (Å²) in [5, 5.41) is 0. The maximum absolute atomic E-state index is 12.1. The van der Waals surface area contributed by atoms with Crippen LogP contribution in [0, 0.1) is 0 Å². The standard InChI is InChI=1S/C19H20O2/c1-2-3-13-21-16-11-9-15(10-12-16)18-17(19(18)20)14-7-5-4-6-8-14/h4-12,17-18H,2-3,13H2,1H3. The predicted octanol–water partition coefficient (Wildman–Crippen LogP) is 4.32. The van der Waals surface area contributed by atoms with Crippen LogP contribution in [-0.2, 0) is 4.79 Å². The van der Waals surface area contributed by atoms with E-state index >= 15 is 0 Å². The molecule has 108 valence electrons. The lowest BCUT2D eigenvalue weighted by Crippen LogP contribution is -1.96. The van der Waals surface area contributed by atoms with Gasteiger partial charge in [-0.2, -0.15) is 0 Å². The summed E-state index contributed by atoms with van der Waals surface area (Å²) >= 11 is 0. The molecule has 0 saturated heterocycles. The maximum atomic E-state index is 12.1. The van der Waals surface area contributed by atoms with Crippen molar-refractivity contribution in [2.45, 2.75) is 31.6 Å². The average molecular weight is 280 g/mol. The van der Waals surface area contributed by atoms with Crippen LogP contribution in [0.15, 0.2) is 54.6 Å². The molecule has 2 aromatic rings. The van der Waals surface area contributed by atoms with Gasteiger partial charge in [0.1, 0.15) is 11.5 Å². The Labute approximate surface area is 125 Å². The minimum absolute atomic E-state index is 0.0251. The number of unbranched alkanes of at least 4 members (excludes halogenated alkanes) is 1. The molecule has 2 unspecified atom stereocenters. The molecule has 0 radical (unpaired) electrons. The van der Waals surface area contributed by atoms with Crippen molar-refractivity contribution in [2.24, 2.45) is 0 Å². The minimum atomic E-state index is 0.0251. The largest absolute Gasteiger partial charge is 0.494 e. The Morgan fingerprint density at radius 3 is 2.14 bits per heavy atom. The molecule has 1 aliphatic carbocycles. The maximum Gasteiger partial charge on any atom is 0.149 e. The molecule has 2 aromatic carbocycles. The monoisotopic (exact) mass is 280 g/mol. The quantitative estimate of drug-likeness (QED) is 0.737. The van der Waals surface area contributed by atoms with Gasteiger partial charge in [0.05, 0.1) is 18.4 Å². The third-order valence-corrected chi connectivity index (χ3v) is 4.00. The zero-order valence-corrected chi connectivity index (χ0v) is 12.3. The number of ketones is 1. The smallest absolute Gasteiger partial charge is 0.149 e. The molecule has 21 heavy (non-hydrogen) atoms. The summed E-state index contributed by atoms with van der Waals surface area (Å²) in [4.78, 5) is 12.1. The van der Waals surface area contributed by atoms with Gasteiger partial charge in [-0.3, -0.25) is 4.79 Å². The number of hydrogen-bond acceptors (Lipinski definition) is 2. The molecule has 0 bridgehead atoms. The Kier molecular flexibility index (Phi) is 4.05. The van der Waals surface area contributed by atoms with Crippen LogP contribution in [0.2, 0.25) is 0 Å². The highest BCUT2D eigenvalue weighted by atomic mass is 16.5. The van der Waals surface area contributed by atoms with E-state index in [1.165, 1.54) is 0 Å². The van der Waals surface area contributed by atoms with Crippen LogP contribution in [0.5, 0.6) is 5.75 Å². The number of carbonyl (C=O) groups is 1. The first-order valence-electron chi connectivity index (χ1n) is 7.62. The molecule has 2 nitrogen and oxygen atoms in total. The molecule has 0 spiro atoms. The molecule has 0 aliphatic heterocycles. The molecular weight excluding hydrogens is 260 g/mol. The van der Waals surface area contributed by atoms with Gasteiger partial charge in [0.25, 0.3) is 0 Å². The number of rotatable bonds is 6. The first-order chi connectivity index (χ1) is 10.3. The van der Waals surface area contributed by atoms with Gasteiger partial charge in [-0.25, -0.2) is 0 Å². The molecule has 0 aromatic heterocycles. The van der Waals surface area contributed by atoms with Crippen molar-refractivity contribution < 1.29 is 9.53 Å². The van der Waals surface area contributed by atoms with E-state index in [0.29, 0.717) is 5.78 Å². The second-order valence-corrected chi connectivity index (χ2v) is 5.54. The highest BCUT2D eigenvalue weighted by Gasteiger charge is 2.50. The van der Waals surface area contributed by atoms with Crippen LogP contribution in [0.3, 0.4) is 0 Å². The lowest BCUT2D eigenvalue weighted by molar-refractivity contribution is -0.110. The first kappa shape index (κ1) is 13.9. The number of benzene rings is 2. The van der Waals surface area contributed by atoms with Crippen molar-refractivity contribution in [3.8, 4) is 5.75 Å². The molecule has 1 saturated carbocycles. The van der Waals surface area contributed by atoms with E-state index in [9.17, 15) is 4.79 Å². The van der Waals surface area contributed by atoms with Crippen LogP contribution in [-0.4, -0.2) is 12.4 Å². The highest BCUT2D eigenvalue weighted by molar-refractivity contribution is 6.09. The first-order valence-corrected chi connectivity index (χ1v) is 7.62. The molecule has 2 atom stereocenters. The van der Waals surface area contributed by atoms with Crippen molar-refractivity contribution in [1.82, 2.24) is 0 Å². The Morgan fingerprint density at radius 1 is 0.905 bits per heavy atom. The Morgan fingerprint density at radius 2 is 1.52 bits per heavy atom. The van der Waals surface area contributed by atoms with Crippen molar-refractivity contribution in [3.63, 3.8) is 0 Å². The predicted molar refractivity (Wildman–Crippen MR) is 83.8 cm³/mol. The molecule has 1 aliphatic rings. The van der Waals surface area contributed by atoms with E-state index in [0.717, 1.165) is 36.3 Å². The molecule has 0 amide bonds. The van der Waals surface area contributed by atoms with E-state index in [1.54, 1.807) is 0 Å². The summed E-state index contributed by atoms with van der Waals surface area (Å²) in [5.41, 5.74) is 2.22. The highest BCUT2D eigenvalue weighted by Crippen LogP contribution is 2.50.